The molecule has 4 aromatic rings. The van der Waals surface area contributed by atoms with Crippen LogP contribution in [0.3, 0.4) is 0 Å². The van der Waals surface area contributed by atoms with Gasteiger partial charge in [-0.1, -0.05) is 37.8 Å². The minimum Gasteiger partial charge on any atom is -0.383 e. The molecule has 0 aliphatic rings. The Bertz CT molecular complexity index is 1580. The van der Waals surface area contributed by atoms with Gasteiger partial charge in [0, 0.05) is 22.8 Å². The van der Waals surface area contributed by atoms with Crippen molar-refractivity contribution in [2.24, 2.45) is 5.73 Å². The molecule has 39 heavy (non-hydrogen) atoms. The minimum absolute atomic E-state index is 0.347. The smallest absolute Gasteiger partial charge is 0.383 e. The number of urea groups is 1. The molecule has 0 unspecified atom stereocenters. The second kappa shape index (κ2) is 10.9. The van der Waals surface area contributed by atoms with Gasteiger partial charge in [0.2, 0.25) is 0 Å². The number of fused-ring (bicyclic) bond motifs is 1. The molecule has 6 nitrogen and oxygen atoms in total. The van der Waals surface area contributed by atoms with E-state index < -0.39 is 34.8 Å². The first-order valence-corrected chi connectivity index (χ1v) is 12.8. The van der Waals surface area contributed by atoms with Crippen molar-refractivity contribution >= 4 is 44.6 Å². The van der Waals surface area contributed by atoms with Crippen LogP contribution in [0, 0.1) is 17.7 Å². The number of nitrogens with one attached hydrogen (secondary N) is 2. The highest BCUT2D eigenvalue weighted by Gasteiger charge is 2.31. The summed E-state index contributed by atoms with van der Waals surface area (Å²) in [5.41, 5.74) is 13.0. The Kier molecular flexibility index (Phi) is 7.81. The number of carbonyl (C=O) groups excluding carboxylic acids is 1. The summed E-state index contributed by atoms with van der Waals surface area (Å²) in [5, 5.41) is 7.29. The van der Waals surface area contributed by atoms with Crippen LogP contribution in [0.5, 0.6) is 0 Å². The number of carbonyl (C=O) groups is 1. The lowest BCUT2D eigenvalue weighted by molar-refractivity contribution is -0.137. The van der Waals surface area contributed by atoms with Gasteiger partial charge in [0.1, 0.15) is 11.6 Å². The van der Waals surface area contributed by atoms with Crippen molar-refractivity contribution < 1.29 is 22.4 Å². The van der Waals surface area contributed by atoms with Crippen LogP contribution in [0.15, 0.2) is 54.0 Å². The monoisotopic (exact) mass is 555 g/mol. The zero-order valence-corrected chi connectivity index (χ0v) is 21.9. The zero-order valence-electron chi connectivity index (χ0n) is 21.0. The van der Waals surface area contributed by atoms with Crippen molar-refractivity contribution in [2.75, 3.05) is 16.4 Å². The molecule has 11 heteroatoms. The molecule has 2 aromatic carbocycles. The van der Waals surface area contributed by atoms with E-state index in [-0.39, 0.29) is 0 Å². The standard InChI is InChI=1S/C28H25F4N5OS/c1-3-27(34,4-2)12-11-17-14-35-25(33)23-20(15-39-24(17)23)16-5-8-19(9-6-16)36-26(38)37-22-13-18(28(30,31)32)7-10-21(22)29/h5-10,13-15H,3-4,34H2,1-2H3,(H2,33,35)(H2,36,37,38). The zero-order chi connectivity index (χ0) is 28.4. The quantitative estimate of drug-likeness (QED) is 0.154. The first-order chi connectivity index (χ1) is 18.4. The Morgan fingerprint density at radius 3 is 2.41 bits per heavy atom. The van der Waals surface area contributed by atoms with Gasteiger partial charge in [0.05, 0.1) is 27.1 Å². The third-order valence-electron chi connectivity index (χ3n) is 6.33. The lowest BCUT2D eigenvalue weighted by atomic mass is 9.95. The molecule has 0 aliphatic heterocycles. The molecule has 0 saturated heterocycles. The molecular weight excluding hydrogens is 530 g/mol. The van der Waals surface area contributed by atoms with Gasteiger partial charge < -0.3 is 22.1 Å². The average Bonchev–Trinajstić information content (AvgIpc) is 3.35. The highest BCUT2D eigenvalue weighted by Crippen LogP contribution is 2.39. The second-order valence-electron chi connectivity index (χ2n) is 8.87. The third kappa shape index (κ3) is 6.13. The first-order valence-electron chi connectivity index (χ1n) is 12.0. The van der Waals surface area contributed by atoms with Crippen molar-refractivity contribution in [3.8, 4) is 23.0 Å². The second-order valence-corrected chi connectivity index (χ2v) is 9.75. The Morgan fingerprint density at radius 1 is 1.08 bits per heavy atom. The summed E-state index contributed by atoms with van der Waals surface area (Å²) in [6.45, 7) is 3.98. The van der Waals surface area contributed by atoms with Gasteiger partial charge >= 0.3 is 12.2 Å². The maximum atomic E-state index is 14.0. The number of pyridine rings is 1. The summed E-state index contributed by atoms with van der Waals surface area (Å²) in [6.07, 6.45) is -1.61. The van der Waals surface area contributed by atoms with E-state index >= 15 is 0 Å². The van der Waals surface area contributed by atoms with Crippen LogP contribution in [0.25, 0.3) is 21.2 Å². The van der Waals surface area contributed by atoms with Crippen LogP contribution in [0.1, 0.15) is 37.8 Å². The fraction of sp³-hybridized carbons (Fsp3) is 0.214. The Balaban J connectivity index is 1.55. The number of rotatable bonds is 5. The predicted octanol–water partition coefficient (Wildman–Crippen LogP) is 7.22. The van der Waals surface area contributed by atoms with Crippen LogP contribution < -0.4 is 22.1 Å². The fourth-order valence-corrected chi connectivity index (χ4v) is 4.86. The number of nitrogen functional groups attached to an aromatic ring is 1. The van der Waals surface area contributed by atoms with Crippen LogP contribution in [-0.4, -0.2) is 16.6 Å². The average molecular weight is 556 g/mol. The van der Waals surface area contributed by atoms with E-state index in [9.17, 15) is 22.4 Å². The number of aromatic nitrogens is 1. The molecule has 0 bridgehead atoms. The van der Waals surface area contributed by atoms with Crippen molar-refractivity contribution in [1.82, 2.24) is 4.98 Å². The molecule has 0 fully saturated rings. The number of alkyl halides is 3. The number of amides is 2. The molecule has 2 heterocycles. The van der Waals surface area contributed by atoms with Crippen LogP contribution in [-0.2, 0) is 6.18 Å². The van der Waals surface area contributed by atoms with E-state index in [2.05, 4.69) is 27.5 Å². The van der Waals surface area contributed by atoms with E-state index in [1.54, 1.807) is 30.5 Å². The molecule has 0 aliphatic carbocycles. The third-order valence-corrected chi connectivity index (χ3v) is 7.34. The molecular formula is C28H25F4N5OS. The van der Waals surface area contributed by atoms with E-state index in [1.165, 1.54) is 11.3 Å². The van der Waals surface area contributed by atoms with Gasteiger partial charge in [-0.25, -0.2) is 14.2 Å². The number of nitrogens with zero attached hydrogens (tertiary/aromatic N) is 1. The number of hydrogen-bond donors (Lipinski definition) is 4. The Hall–Kier alpha value is -4.14. The summed E-state index contributed by atoms with van der Waals surface area (Å²) in [4.78, 5) is 16.6. The number of anilines is 3. The molecule has 202 valence electrons. The van der Waals surface area contributed by atoms with Gasteiger partial charge in [-0.05, 0) is 54.1 Å². The van der Waals surface area contributed by atoms with E-state index in [1.807, 2.05) is 19.2 Å². The number of nitrogens with two attached hydrogens (primary N) is 2. The van der Waals surface area contributed by atoms with Crippen molar-refractivity contribution in [3.05, 3.63) is 71.0 Å². The topological polar surface area (TPSA) is 106 Å². The maximum absolute atomic E-state index is 14.0. The molecule has 0 spiro atoms. The number of thiophene rings is 1. The molecule has 2 aromatic heterocycles. The Morgan fingerprint density at radius 2 is 1.77 bits per heavy atom. The number of halogens is 4. The van der Waals surface area contributed by atoms with E-state index in [4.69, 9.17) is 11.5 Å². The van der Waals surface area contributed by atoms with Gasteiger partial charge in [0.15, 0.2) is 0 Å². The lowest BCUT2D eigenvalue weighted by Crippen LogP contribution is -2.36. The Labute approximate surface area is 226 Å². The van der Waals surface area contributed by atoms with E-state index in [0.717, 1.165) is 26.8 Å². The van der Waals surface area contributed by atoms with Crippen molar-refractivity contribution in [2.45, 2.75) is 38.4 Å². The van der Waals surface area contributed by atoms with Crippen LogP contribution in [0.4, 0.5) is 39.5 Å². The van der Waals surface area contributed by atoms with Gasteiger partial charge in [0.25, 0.3) is 0 Å². The number of hydrogen-bond acceptors (Lipinski definition) is 5. The number of benzene rings is 2. The summed E-state index contributed by atoms with van der Waals surface area (Å²) in [6, 6.07) is 7.61. The normalized spacial score (nSPS) is 11.7. The first kappa shape index (κ1) is 27.9. The largest absolute Gasteiger partial charge is 0.416 e. The molecule has 2 amide bonds. The van der Waals surface area contributed by atoms with Gasteiger partial charge in [-0.2, -0.15) is 13.2 Å². The molecule has 6 N–H and O–H groups in total. The highest BCUT2D eigenvalue weighted by molar-refractivity contribution is 7.18. The summed E-state index contributed by atoms with van der Waals surface area (Å²) in [7, 11) is 0. The van der Waals surface area contributed by atoms with E-state index in [0.29, 0.717) is 42.5 Å². The molecule has 0 radical (unpaired) electrons. The highest BCUT2D eigenvalue weighted by atomic mass is 32.1. The van der Waals surface area contributed by atoms with Crippen molar-refractivity contribution in [3.63, 3.8) is 0 Å². The van der Waals surface area contributed by atoms with Crippen molar-refractivity contribution in [1.29, 1.82) is 0 Å². The molecule has 4 rings (SSSR count). The SMILES string of the molecule is CCC(N)(C#Cc1cnc(N)c2c(-c3ccc(NC(=O)Nc4cc(C(F)(F)F)ccc4F)cc3)csc12)CC. The van der Waals surface area contributed by atoms with Gasteiger partial charge in [-0.15, -0.1) is 11.3 Å². The predicted molar refractivity (Wildman–Crippen MR) is 148 cm³/mol. The van der Waals surface area contributed by atoms with Gasteiger partial charge in [-0.3, -0.25) is 0 Å². The van der Waals surface area contributed by atoms with Crippen LogP contribution in [0.2, 0.25) is 0 Å². The lowest BCUT2D eigenvalue weighted by Gasteiger charge is -2.18. The summed E-state index contributed by atoms with van der Waals surface area (Å²) in [5.74, 6) is 5.68. The molecule has 0 saturated carbocycles. The maximum Gasteiger partial charge on any atom is 0.416 e. The summed E-state index contributed by atoms with van der Waals surface area (Å²) < 4.78 is 53.6. The molecule has 0 atom stereocenters. The minimum atomic E-state index is -4.67. The fourth-order valence-electron chi connectivity index (χ4n) is 3.80. The summed E-state index contributed by atoms with van der Waals surface area (Å²) >= 11 is 1.48. The van der Waals surface area contributed by atoms with Crippen LogP contribution >= 0.6 is 11.3 Å².